The third-order valence-electron chi connectivity index (χ3n) is 0.658. The molecular weight excluding hydrogens is 95.1 g/mol. The van der Waals surface area contributed by atoms with Crippen molar-refractivity contribution in [3.63, 3.8) is 0 Å². The Hall–Kier alpha value is 0.740. The molecule has 0 unspecified atom stereocenters. The van der Waals surface area contributed by atoms with Crippen LogP contribution >= 0.6 is 0 Å². The predicted molar refractivity (Wildman–Crippen MR) is 29.4 cm³/mol. The smallest absolute Gasteiger partial charge is 0.343 e. The molecule has 0 radical (unpaired) electrons. The number of hydrogen-bond donors (Lipinski definition) is 0. The number of allylic oxidation sites excluding steroid dienone is 1. The van der Waals surface area contributed by atoms with E-state index in [4.69, 9.17) is 0 Å². The van der Waals surface area contributed by atoms with Gasteiger partial charge in [-0.1, -0.05) is 12.5 Å². The fraction of sp³-hybridized carbons (Fsp3) is 0.500. The fourth-order valence-corrected chi connectivity index (χ4v) is 0.289. The van der Waals surface area contributed by atoms with Gasteiger partial charge in [-0.15, -0.1) is 6.58 Å². The Kier molecular flexibility index (Phi) is 15.1. The minimum absolute atomic E-state index is 0. The normalized spacial score (nSPS) is 7.00. The molecule has 0 fully saturated rings. The first-order valence-electron chi connectivity index (χ1n) is 2.32. The first kappa shape index (κ1) is 10.7. The van der Waals surface area contributed by atoms with E-state index >= 15 is 0 Å². The van der Waals surface area contributed by atoms with Crippen LogP contribution in [-0.2, 0) is 0 Å². The van der Waals surface area contributed by atoms with Crippen LogP contribution in [0.15, 0.2) is 12.7 Å². The number of rotatable bonds is 3. The topological polar surface area (TPSA) is 0 Å². The van der Waals surface area contributed by atoms with Crippen LogP contribution in [0.3, 0.4) is 0 Å². The molecule has 36 valence electrons. The molecule has 0 saturated heterocycles. The average Bonchev–Trinajstić information content (AvgIpc) is 1.61. The molecule has 0 atom stereocenters. The van der Waals surface area contributed by atoms with E-state index in [0.717, 1.165) is 12.8 Å². The van der Waals surface area contributed by atoms with E-state index in [1.807, 2.05) is 6.08 Å². The largest absolute Gasteiger partial charge is 1.00 e. The summed E-state index contributed by atoms with van der Waals surface area (Å²) >= 11 is 0. The molecule has 1 heteroatoms. The van der Waals surface area contributed by atoms with Crippen LogP contribution in [0.2, 0.25) is 0 Å². The van der Waals surface area contributed by atoms with Gasteiger partial charge in [0.15, 0.2) is 0 Å². The van der Waals surface area contributed by atoms with E-state index in [1.165, 1.54) is 6.42 Å². The van der Waals surface area contributed by atoms with Crippen molar-refractivity contribution in [1.29, 1.82) is 0 Å². The van der Waals surface area contributed by atoms with Gasteiger partial charge >= 0.3 is 29.6 Å². The number of unbranched alkanes of at least 4 members (excludes halogenated alkanes) is 2. The molecule has 0 aromatic carbocycles. The van der Waals surface area contributed by atoms with Gasteiger partial charge in [0, 0.05) is 0 Å². The van der Waals surface area contributed by atoms with Gasteiger partial charge < -0.3 is 6.92 Å². The molecule has 0 spiro atoms. The van der Waals surface area contributed by atoms with Gasteiger partial charge in [-0.05, 0) is 6.42 Å². The Labute approximate surface area is 68.3 Å². The SMILES string of the molecule is C=CCCC[CH2-].[Na+]. The second kappa shape index (κ2) is 9.88. The minimum Gasteiger partial charge on any atom is -0.343 e. The minimum atomic E-state index is 0. The van der Waals surface area contributed by atoms with Gasteiger partial charge in [0.25, 0.3) is 0 Å². The summed E-state index contributed by atoms with van der Waals surface area (Å²) in [6.45, 7) is 7.25. The molecule has 0 heterocycles. The van der Waals surface area contributed by atoms with E-state index in [9.17, 15) is 0 Å². The van der Waals surface area contributed by atoms with Crippen LogP contribution in [-0.4, -0.2) is 0 Å². The third kappa shape index (κ3) is 10.8. The summed E-state index contributed by atoms with van der Waals surface area (Å²) in [6, 6.07) is 0. The second-order valence-electron chi connectivity index (χ2n) is 1.28. The predicted octanol–water partition coefficient (Wildman–Crippen LogP) is -0.819. The van der Waals surface area contributed by atoms with Crippen molar-refractivity contribution in [1.82, 2.24) is 0 Å². The number of hydrogen-bond acceptors (Lipinski definition) is 0. The van der Waals surface area contributed by atoms with Crippen molar-refractivity contribution in [2.24, 2.45) is 0 Å². The van der Waals surface area contributed by atoms with E-state index < -0.39 is 0 Å². The summed E-state index contributed by atoms with van der Waals surface area (Å²) in [5.74, 6) is 0. The van der Waals surface area contributed by atoms with Crippen molar-refractivity contribution in [3.05, 3.63) is 19.6 Å². The summed E-state index contributed by atoms with van der Waals surface area (Å²) in [5.41, 5.74) is 0. The second-order valence-corrected chi connectivity index (χ2v) is 1.28. The molecular formula is C6H11Na. The van der Waals surface area contributed by atoms with Crippen LogP contribution in [0.4, 0.5) is 0 Å². The molecule has 0 nitrogen and oxygen atoms in total. The van der Waals surface area contributed by atoms with Crippen molar-refractivity contribution in [2.75, 3.05) is 0 Å². The molecule has 0 aromatic heterocycles. The standard InChI is InChI=1S/C6H11.Na/c1-3-5-6-4-2;/h3H,1-2,4-6H2;/q-1;+1. The maximum atomic E-state index is 3.68. The van der Waals surface area contributed by atoms with E-state index in [2.05, 4.69) is 13.5 Å². The first-order chi connectivity index (χ1) is 2.91. The molecule has 0 bridgehead atoms. The summed E-state index contributed by atoms with van der Waals surface area (Å²) in [7, 11) is 0. The summed E-state index contributed by atoms with van der Waals surface area (Å²) in [4.78, 5) is 0. The molecule has 0 rings (SSSR count). The molecule has 0 saturated carbocycles. The Bertz CT molecular complexity index is 33.2. The average molecular weight is 106 g/mol. The monoisotopic (exact) mass is 106 g/mol. The van der Waals surface area contributed by atoms with E-state index in [-0.39, 0.29) is 29.6 Å². The van der Waals surface area contributed by atoms with Gasteiger partial charge in [0.05, 0.1) is 0 Å². The Morgan fingerprint density at radius 2 is 2.14 bits per heavy atom. The van der Waals surface area contributed by atoms with Gasteiger partial charge in [0.1, 0.15) is 0 Å². The molecule has 0 amide bonds. The van der Waals surface area contributed by atoms with Crippen LogP contribution in [0.5, 0.6) is 0 Å². The Morgan fingerprint density at radius 3 is 2.29 bits per heavy atom. The van der Waals surface area contributed by atoms with Crippen LogP contribution in [0.25, 0.3) is 0 Å². The first-order valence-corrected chi connectivity index (χ1v) is 2.32. The van der Waals surface area contributed by atoms with Gasteiger partial charge in [0.2, 0.25) is 0 Å². The molecule has 0 aliphatic heterocycles. The van der Waals surface area contributed by atoms with Crippen molar-refractivity contribution in [2.45, 2.75) is 19.3 Å². The van der Waals surface area contributed by atoms with Crippen molar-refractivity contribution in [3.8, 4) is 0 Å². The molecule has 0 N–H and O–H groups in total. The molecule has 0 aliphatic carbocycles. The van der Waals surface area contributed by atoms with Crippen LogP contribution in [0, 0.1) is 6.92 Å². The fourth-order valence-electron chi connectivity index (χ4n) is 0.289. The zero-order valence-electron chi connectivity index (χ0n) is 5.11. The Balaban J connectivity index is 0. The van der Waals surface area contributed by atoms with E-state index in [1.54, 1.807) is 0 Å². The van der Waals surface area contributed by atoms with Gasteiger partial charge in [-0.3, -0.25) is 0 Å². The summed E-state index contributed by atoms with van der Waals surface area (Å²) in [6.07, 6.45) is 5.25. The van der Waals surface area contributed by atoms with Crippen LogP contribution in [0.1, 0.15) is 19.3 Å². The Morgan fingerprint density at radius 1 is 1.57 bits per heavy atom. The zero-order valence-corrected chi connectivity index (χ0v) is 7.11. The van der Waals surface area contributed by atoms with E-state index in [0.29, 0.717) is 0 Å². The van der Waals surface area contributed by atoms with Gasteiger partial charge in [-0.25, -0.2) is 0 Å². The van der Waals surface area contributed by atoms with Gasteiger partial charge in [-0.2, -0.15) is 6.42 Å². The summed E-state index contributed by atoms with van der Waals surface area (Å²) < 4.78 is 0. The summed E-state index contributed by atoms with van der Waals surface area (Å²) in [5, 5.41) is 0. The zero-order chi connectivity index (χ0) is 4.83. The third-order valence-corrected chi connectivity index (χ3v) is 0.658. The molecule has 0 aromatic rings. The van der Waals surface area contributed by atoms with Crippen LogP contribution < -0.4 is 29.6 Å². The molecule has 7 heavy (non-hydrogen) atoms. The maximum Gasteiger partial charge on any atom is 1.00 e. The quantitative estimate of drug-likeness (QED) is 0.191. The molecule has 0 aliphatic rings. The maximum absolute atomic E-state index is 3.68. The van der Waals surface area contributed by atoms with Crippen molar-refractivity contribution < 1.29 is 29.6 Å². The van der Waals surface area contributed by atoms with Crippen molar-refractivity contribution >= 4 is 0 Å².